The first-order valence-electron chi connectivity index (χ1n) is 8.49. The number of carbonyl (C=O) groups is 1. The quantitative estimate of drug-likeness (QED) is 0.896. The number of nitrogens with zero attached hydrogens (tertiary/aromatic N) is 4. The Bertz CT molecular complexity index is 546. The number of piperidine rings is 2. The van der Waals surface area contributed by atoms with Crippen LogP contribution in [-0.4, -0.2) is 63.6 Å². The maximum absolute atomic E-state index is 12.3. The molecule has 0 aromatic carbocycles. The Hall–Kier alpha value is -1.53. The van der Waals surface area contributed by atoms with Crippen LogP contribution in [0, 0.1) is 12.3 Å². The molecule has 2 aliphatic heterocycles. The molecule has 1 amide bonds. The fraction of sp³-hybridized carbons (Fsp3) is 0.706. The second-order valence-corrected chi connectivity index (χ2v) is 7.00. The van der Waals surface area contributed by atoms with Gasteiger partial charge in [-0.25, -0.2) is 0 Å². The van der Waals surface area contributed by atoms with E-state index in [2.05, 4.69) is 14.9 Å². The highest BCUT2D eigenvalue weighted by molar-refractivity contribution is 5.77. The van der Waals surface area contributed by atoms with Crippen LogP contribution in [-0.2, 0) is 11.3 Å². The van der Waals surface area contributed by atoms with E-state index in [1.54, 1.807) is 12.4 Å². The molecule has 1 N–H and O–H groups in total. The first-order valence-corrected chi connectivity index (χ1v) is 8.49. The summed E-state index contributed by atoms with van der Waals surface area (Å²) >= 11 is 0. The maximum atomic E-state index is 12.3. The smallest absolute Gasteiger partial charge is 0.222 e. The summed E-state index contributed by atoms with van der Waals surface area (Å²) in [4.78, 5) is 25.3. The molecule has 1 atom stereocenters. The molecule has 0 bridgehead atoms. The lowest BCUT2D eigenvalue weighted by Crippen LogP contribution is -2.54. The minimum Gasteiger partial charge on any atom is -0.395 e. The molecule has 1 spiro atoms. The van der Waals surface area contributed by atoms with Gasteiger partial charge in [0.15, 0.2) is 0 Å². The van der Waals surface area contributed by atoms with Crippen LogP contribution in [0.1, 0.15) is 37.1 Å². The largest absolute Gasteiger partial charge is 0.395 e. The van der Waals surface area contributed by atoms with E-state index in [0.29, 0.717) is 13.0 Å². The Morgan fingerprint density at radius 2 is 2.13 bits per heavy atom. The number of hydrogen-bond donors (Lipinski definition) is 1. The summed E-state index contributed by atoms with van der Waals surface area (Å²) in [6.07, 6.45) is 7.41. The summed E-state index contributed by atoms with van der Waals surface area (Å²) < 4.78 is 0. The van der Waals surface area contributed by atoms with Gasteiger partial charge in [0, 0.05) is 37.7 Å². The van der Waals surface area contributed by atoms with Crippen molar-refractivity contribution in [1.82, 2.24) is 19.8 Å². The molecular formula is C17H26N4O2. The summed E-state index contributed by atoms with van der Waals surface area (Å²) in [5.74, 6) is 0.220. The Morgan fingerprint density at radius 3 is 2.87 bits per heavy atom. The minimum absolute atomic E-state index is 0.180. The van der Waals surface area contributed by atoms with Gasteiger partial charge in [-0.2, -0.15) is 0 Å². The number of aliphatic hydroxyl groups is 1. The van der Waals surface area contributed by atoms with Crippen LogP contribution in [0.15, 0.2) is 12.4 Å². The Morgan fingerprint density at radius 1 is 1.26 bits per heavy atom. The predicted octanol–water partition coefficient (Wildman–Crippen LogP) is 0.982. The number of aryl methyl sites for hydroxylation is 1. The van der Waals surface area contributed by atoms with Crippen LogP contribution in [0.2, 0.25) is 0 Å². The summed E-state index contributed by atoms with van der Waals surface area (Å²) in [6.45, 7) is 6.24. The van der Waals surface area contributed by atoms with E-state index < -0.39 is 0 Å². The van der Waals surface area contributed by atoms with Gasteiger partial charge in [0.1, 0.15) is 0 Å². The van der Waals surface area contributed by atoms with Gasteiger partial charge in [-0.1, -0.05) is 0 Å². The molecule has 1 aromatic rings. The molecule has 2 fully saturated rings. The predicted molar refractivity (Wildman–Crippen MR) is 86.6 cm³/mol. The first-order chi connectivity index (χ1) is 11.1. The third kappa shape index (κ3) is 3.87. The number of rotatable bonds is 4. The van der Waals surface area contributed by atoms with Gasteiger partial charge in [-0.05, 0) is 32.7 Å². The number of likely N-dealkylation sites (tertiary alicyclic amines) is 2. The van der Waals surface area contributed by atoms with E-state index in [9.17, 15) is 9.90 Å². The molecule has 0 saturated carbocycles. The third-order valence-electron chi connectivity index (χ3n) is 5.09. The number of β-amino-alcohol motifs (C(OH)–C–C–N with tert-alkyl or cyclic N) is 1. The average Bonchev–Trinajstić information content (AvgIpc) is 2.54. The summed E-state index contributed by atoms with van der Waals surface area (Å²) in [5.41, 5.74) is 1.92. The van der Waals surface area contributed by atoms with E-state index in [0.717, 1.165) is 56.8 Å². The molecule has 3 rings (SSSR count). The molecule has 6 heteroatoms. The molecule has 0 aliphatic carbocycles. The lowest BCUT2D eigenvalue weighted by atomic mass is 9.73. The van der Waals surface area contributed by atoms with E-state index >= 15 is 0 Å². The number of aliphatic hydroxyl groups excluding tert-OH is 1. The van der Waals surface area contributed by atoms with Gasteiger partial charge in [-0.3, -0.25) is 14.8 Å². The van der Waals surface area contributed by atoms with Crippen molar-refractivity contribution in [3.8, 4) is 0 Å². The third-order valence-corrected chi connectivity index (χ3v) is 5.09. The number of amides is 1. The van der Waals surface area contributed by atoms with Crippen molar-refractivity contribution < 1.29 is 9.90 Å². The SMILES string of the molecule is Cc1cnc(CN2C[C@]3(CCCN(CCO)C3)CCC2=O)cn1. The second kappa shape index (κ2) is 6.93. The standard InChI is InChI=1S/C17H26N4O2/c1-14-9-19-15(10-18-14)11-21-13-17(5-3-16(21)23)4-2-6-20(12-17)7-8-22/h9-10,22H,2-8,11-13H2,1H3/t17-/m1/s1. The van der Waals surface area contributed by atoms with Crippen molar-refractivity contribution in [3.05, 3.63) is 23.8 Å². The molecule has 23 heavy (non-hydrogen) atoms. The van der Waals surface area contributed by atoms with E-state index in [4.69, 9.17) is 0 Å². The van der Waals surface area contributed by atoms with Crippen molar-refractivity contribution >= 4 is 5.91 Å². The zero-order chi connectivity index (χ0) is 16.3. The van der Waals surface area contributed by atoms with E-state index in [1.807, 2.05) is 11.8 Å². The van der Waals surface area contributed by atoms with E-state index in [-0.39, 0.29) is 17.9 Å². The average molecular weight is 318 g/mol. The van der Waals surface area contributed by atoms with Crippen LogP contribution >= 0.6 is 0 Å². The fourth-order valence-electron chi connectivity index (χ4n) is 3.92. The highest BCUT2D eigenvalue weighted by Gasteiger charge is 2.41. The maximum Gasteiger partial charge on any atom is 0.222 e. The van der Waals surface area contributed by atoms with Crippen LogP contribution in [0.3, 0.4) is 0 Å². The van der Waals surface area contributed by atoms with Gasteiger partial charge < -0.3 is 14.9 Å². The van der Waals surface area contributed by atoms with Gasteiger partial charge in [0.25, 0.3) is 0 Å². The van der Waals surface area contributed by atoms with Crippen molar-refractivity contribution in [1.29, 1.82) is 0 Å². The number of aromatic nitrogens is 2. The first kappa shape index (κ1) is 16.3. The monoisotopic (exact) mass is 318 g/mol. The Labute approximate surface area is 137 Å². The van der Waals surface area contributed by atoms with E-state index in [1.165, 1.54) is 0 Å². The lowest BCUT2D eigenvalue weighted by molar-refractivity contribution is -0.140. The van der Waals surface area contributed by atoms with Crippen LogP contribution in [0.5, 0.6) is 0 Å². The van der Waals surface area contributed by atoms with Crippen molar-refractivity contribution in [2.75, 3.05) is 32.8 Å². The number of hydrogen-bond acceptors (Lipinski definition) is 5. The van der Waals surface area contributed by atoms with Gasteiger partial charge in [0.05, 0.1) is 30.7 Å². The minimum atomic E-state index is 0.180. The lowest BCUT2D eigenvalue weighted by Gasteiger charge is -2.48. The molecule has 1 aromatic heterocycles. The molecule has 2 aliphatic rings. The number of carbonyl (C=O) groups excluding carboxylic acids is 1. The normalized spacial score (nSPS) is 26.0. The van der Waals surface area contributed by atoms with Gasteiger partial charge in [-0.15, -0.1) is 0 Å². The topological polar surface area (TPSA) is 69.6 Å². The zero-order valence-electron chi connectivity index (χ0n) is 13.9. The van der Waals surface area contributed by atoms with Crippen molar-refractivity contribution in [3.63, 3.8) is 0 Å². The molecule has 3 heterocycles. The Kier molecular flexibility index (Phi) is 4.92. The van der Waals surface area contributed by atoms with Crippen LogP contribution in [0.25, 0.3) is 0 Å². The van der Waals surface area contributed by atoms with Crippen molar-refractivity contribution in [2.24, 2.45) is 5.41 Å². The Balaban J connectivity index is 1.68. The molecule has 6 nitrogen and oxygen atoms in total. The van der Waals surface area contributed by atoms with Crippen molar-refractivity contribution in [2.45, 2.75) is 39.2 Å². The zero-order valence-corrected chi connectivity index (χ0v) is 13.9. The molecular weight excluding hydrogens is 292 g/mol. The molecule has 0 unspecified atom stereocenters. The summed E-state index contributed by atoms with van der Waals surface area (Å²) in [7, 11) is 0. The fourth-order valence-corrected chi connectivity index (χ4v) is 3.92. The van der Waals surface area contributed by atoms with Gasteiger partial charge >= 0.3 is 0 Å². The highest BCUT2D eigenvalue weighted by Crippen LogP contribution is 2.39. The second-order valence-electron chi connectivity index (χ2n) is 7.00. The molecule has 0 radical (unpaired) electrons. The molecule has 126 valence electrons. The van der Waals surface area contributed by atoms with Gasteiger partial charge in [0.2, 0.25) is 5.91 Å². The van der Waals surface area contributed by atoms with Crippen LogP contribution < -0.4 is 0 Å². The summed E-state index contributed by atoms with van der Waals surface area (Å²) in [5, 5.41) is 9.20. The highest BCUT2D eigenvalue weighted by atomic mass is 16.3. The van der Waals surface area contributed by atoms with Crippen LogP contribution in [0.4, 0.5) is 0 Å². The molecule has 2 saturated heterocycles. The summed E-state index contributed by atoms with van der Waals surface area (Å²) in [6, 6.07) is 0.